The van der Waals surface area contributed by atoms with Gasteiger partial charge in [-0.15, -0.1) is 0 Å². The Morgan fingerprint density at radius 2 is 1.93 bits per heavy atom. The third-order valence-corrected chi connectivity index (χ3v) is 4.96. The van der Waals surface area contributed by atoms with Crippen molar-refractivity contribution in [2.24, 2.45) is 7.05 Å². The molecule has 5 aromatic rings. The number of pyridine rings is 3. The maximum Gasteiger partial charge on any atom is 0.258 e. The van der Waals surface area contributed by atoms with Crippen LogP contribution in [0.4, 0.5) is 5.82 Å². The fraction of sp³-hybridized carbons (Fsp3) is 0.0909. The van der Waals surface area contributed by atoms with E-state index in [1.807, 2.05) is 55.8 Å². The number of hydrogen-bond donors (Lipinski definition) is 2. The van der Waals surface area contributed by atoms with Crippen LogP contribution in [0, 0.1) is 0 Å². The first-order valence-corrected chi connectivity index (χ1v) is 9.26. The number of rotatable bonds is 4. The highest BCUT2D eigenvalue weighted by molar-refractivity contribution is 6.10. The van der Waals surface area contributed by atoms with E-state index in [-0.39, 0.29) is 5.56 Å². The molecular weight excluding hydrogens is 364 g/mol. The summed E-state index contributed by atoms with van der Waals surface area (Å²) in [6.45, 7) is 0.615. The van der Waals surface area contributed by atoms with E-state index >= 15 is 0 Å². The molecule has 2 N–H and O–H groups in total. The van der Waals surface area contributed by atoms with Crippen molar-refractivity contribution in [2.45, 2.75) is 6.54 Å². The molecule has 7 heteroatoms. The molecule has 0 radical (unpaired) electrons. The first kappa shape index (κ1) is 17.1. The van der Waals surface area contributed by atoms with Crippen molar-refractivity contribution in [1.82, 2.24) is 24.7 Å². The largest absolute Gasteiger partial charge is 0.365 e. The number of H-pyrrole nitrogens is 1. The molecule has 0 aliphatic carbocycles. The van der Waals surface area contributed by atoms with Crippen LogP contribution in [0.15, 0.2) is 72.2 Å². The fourth-order valence-electron chi connectivity index (χ4n) is 3.53. The molecule has 29 heavy (non-hydrogen) atoms. The van der Waals surface area contributed by atoms with Crippen LogP contribution in [0.5, 0.6) is 0 Å². The van der Waals surface area contributed by atoms with Crippen molar-refractivity contribution in [3.05, 3.63) is 83.3 Å². The second kappa shape index (κ2) is 6.87. The van der Waals surface area contributed by atoms with Crippen LogP contribution in [0.2, 0.25) is 0 Å². The molecule has 0 spiro atoms. The third kappa shape index (κ3) is 3.12. The highest BCUT2D eigenvalue weighted by atomic mass is 16.1. The second-order valence-corrected chi connectivity index (χ2v) is 6.90. The Morgan fingerprint density at radius 1 is 1.07 bits per heavy atom. The lowest BCUT2D eigenvalue weighted by atomic mass is 10.0. The molecule has 0 fully saturated rings. The van der Waals surface area contributed by atoms with E-state index in [0.29, 0.717) is 17.4 Å². The maximum atomic E-state index is 12.6. The van der Waals surface area contributed by atoms with Gasteiger partial charge in [-0.05, 0) is 35.4 Å². The topological polar surface area (TPSA) is 88.5 Å². The standard InChI is InChI=1S/C22H18N6O/c1-28-13-16(12-26-28)15-2-3-17-18(10-15)20-19(6-9-24-22(20)29)27-21(17)25-11-14-4-7-23-8-5-14/h2-10,12-13H,11H2,1H3,(H,24,29)(H,25,27). The minimum atomic E-state index is -0.149. The SMILES string of the molecule is Cn1cc(-c2ccc3c(NCc4ccncc4)nc4cc[nH]c(=O)c4c3c2)cn1. The number of anilines is 1. The quantitative estimate of drug-likeness (QED) is 0.465. The summed E-state index contributed by atoms with van der Waals surface area (Å²) < 4.78 is 1.76. The number of nitrogens with one attached hydrogen (secondary N) is 2. The summed E-state index contributed by atoms with van der Waals surface area (Å²) >= 11 is 0. The van der Waals surface area contributed by atoms with Gasteiger partial charge in [-0.2, -0.15) is 5.10 Å². The summed E-state index contributed by atoms with van der Waals surface area (Å²) in [5, 5.41) is 10.0. The number of fused-ring (bicyclic) bond motifs is 3. The first-order valence-electron chi connectivity index (χ1n) is 9.26. The summed E-state index contributed by atoms with van der Waals surface area (Å²) in [6.07, 6.45) is 8.93. The van der Waals surface area contributed by atoms with Crippen LogP contribution in [0.3, 0.4) is 0 Å². The predicted molar refractivity (Wildman–Crippen MR) is 114 cm³/mol. The van der Waals surface area contributed by atoms with Crippen LogP contribution < -0.4 is 10.9 Å². The van der Waals surface area contributed by atoms with E-state index < -0.39 is 0 Å². The number of aryl methyl sites for hydroxylation is 1. The predicted octanol–water partition coefficient (Wildman–Crippen LogP) is 3.48. The zero-order valence-corrected chi connectivity index (χ0v) is 15.8. The van der Waals surface area contributed by atoms with E-state index in [0.717, 1.165) is 33.3 Å². The van der Waals surface area contributed by atoms with E-state index in [4.69, 9.17) is 4.98 Å². The lowest BCUT2D eigenvalue weighted by Crippen LogP contribution is -2.08. The molecule has 0 saturated carbocycles. The van der Waals surface area contributed by atoms with Gasteiger partial charge in [-0.1, -0.05) is 12.1 Å². The Morgan fingerprint density at radius 3 is 2.72 bits per heavy atom. The highest BCUT2D eigenvalue weighted by Gasteiger charge is 2.13. The smallest absolute Gasteiger partial charge is 0.258 e. The number of nitrogens with zero attached hydrogens (tertiary/aromatic N) is 4. The Labute approximate surface area is 166 Å². The fourth-order valence-corrected chi connectivity index (χ4v) is 3.53. The van der Waals surface area contributed by atoms with E-state index in [2.05, 4.69) is 20.4 Å². The minimum absolute atomic E-state index is 0.149. The van der Waals surface area contributed by atoms with Gasteiger partial charge in [0.15, 0.2) is 0 Å². The molecular formula is C22H18N6O. The Hall–Kier alpha value is -4.00. The number of benzene rings is 1. The average Bonchev–Trinajstić information content (AvgIpc) is 3.18. The first-order chi connectivity index (χ1) is 14.2. The van der Waals surface area contributed by atoms with Crippen molar-refractivity contribution in [3.8, 4) is 11.1 Å². The van der Waals surface area contributed by atoms with Gasteiger partial charge >= 0.3 is 0 Å². The summed E-state index contributed by atoms with van der Waals surface area (Å²) in [5.41, 5.74) is 3.61. The normalized spacial score (nSPS) is 11.2. The number of aromatic amines is 1. The van der Waals surface area contributed by atoms with Crippen molar-refractivity contribution >= 4 is 27.5 Å². The van der Waals surface area contributed by atoms with Gasteiger partial charge in [0.2, 0.25) is 0 Å². The van der Waals surface area contributed by atoms with Crippen molar-refractivity contribution in [1.29, 1.82) is 0 Å². The molecule has 0 unspecified atom stereocenters. The summed E-state index contributed by atoms with van der Waals surface area (Å²) in [4.78, 5) is 24.1. The van der Waals surface area contributed by atoms with Crippen LogP contribution in [0.1, 0.15) is 5.56 Å². The molecule has 0 amide bonds. The number of aromatic nitrogens is 5. The molecule has 0 aliphatic heterocycles. The molecule has 4 aromatic heterocycles. The molecule has 0 atom stereocenters. The summed E-state index contributed by atoms with van der Waals surface area (Å²) in [6, 6.07) is 11.8. The van der Waals surface area contributed by atoms with Gasteiger partial charge in [0, 0.05) is 54.7 Å². The molecule has 1 aromatic carbocycles. The third-order valence-electron chi connectivity index (χ3n) is 4.96. The molecule has 0 aliphatic rings. The van der Waals surface area contributed by atoms with E-state index in [1.165, 1.54) is 0 Å². The van der Waals surface area contributed by atoms with Gasteiger partial charge in [-0.25, -0.2) is 4.98 Å². The van der Waals surface area contributed by atoms with Crippen LogP contribution in [0.25, 0.3) is 32.8 Å². The Kier molecular flexibility index (Phi) is 4.05. The van der Waals surface area contributed by atoms with E-state index in [1.54, 1.807) is 23.3 Å². The molecule has 7 nitrogen and oxygen atoms in total. The van der Waals surface area contributed by atoms with Gasteiger partial charge < -0.3 is 10.3 Å². The Bertz CT molecular complexity index is 1390. The zero-order valence-electron chi connectivity index (χ0n) is 15.8. The molecule has 0 saturated heterocycles. The van der Waals surface area contributed by atoms with Crippen molar-refractivity contribution < 1.29 is 0 Å². The molecule has 142 valence electrons. The van der Waals surface area contributed by atoms with Gasteiger partial charge in [0.25, 0.3) is 5.56 Å². The van der Waals surface area contributed by atoms with Crippen molar-refractivity contribution in [2.75, 3.05) is 5.32 Å². The monoisotopic (exact) mass is 382 g/mol. The maximum absolute atomic E-state index is 12.6. The van der Waals surface area contributed by atoms with Crippen LogP contribution in [-0.4, -0.2) is 24.7 Å². The summed E-state index contributed by atoms with van der Waals surface area (Å²) in [7, 11) is 1.88. The average molecular weight is 382 g/mol. The van der Waals surface area contributed by atoms with Crippen molar-refractivity contribution in [3.63, 3.8) is 0 Å². The molecule has 5 rings (SSSR count). The van der Waals surface area contributed by atoms with Gasteiger partial charge in [0.1, 0.15) is 5.82 Å². The number of hydrogen-bond acceptors (Lipinski definition) is 5. The Balaban J connectivity index is 1.69. The van der Waals surface area contributed by atoms with E-state index in [9.17, 15) is 4.79 Å². The van der Waals surface area contributed by atoms with Gasteiger partial charge in [-0.3, -0.25) is 14.5 Å². The lowest BCUT2D eigenvalue weighted by molar-refractivity contribution is 0.768. The van der Waals surface area contributed by atoms with Crippen LogP contribution >= 0.6 is 0 Å². The zero-order chi connectivity index (χ0) is 19.8. The molecule has 0 bridgehead atoms. The minimum Gasteiger partial charge on any atom is -0.365 e. The second-order valence-electron chi connectivity index (χ2n) is 6.90. The summed E-state index contributed by atoms with van der Waals surface area (Å²) in [5.74, 6) is 0.743. The lowest BCUT2D eigenvalue weighted by Gasteiger charge is -2.12. The highest BCUT2D eigenvalue weighted by Crippen LogP contribution is 2.31. The van der Waals surface area contributed by atoms with Gasteiger partial charge in [0.05, 0.1) is 17.1 Å². The molecule has 4 heterocycles. The van der Waals surface area contributed by atoms with Crippen LogP contribution in [-0.2, 0) is 13.6 Å².